The quantitative estimate of drug-likeness (QED) is 0.794. The molecular formula is C17H25FN2O4S. The molecule has 0 radical (unpaired) electrons. The minimum atomic E-state index is -3.76. The van der Waals surface area contributed by atoms with Crippen LogP contribution < -0.4 is 0 Å². The molecule has 0 spiro atoms. The van der Waals surface area contributed by atoms with Crippen LogP contribution in [0.3, 0.4) is 0 Å². The van der Waals surface area contributed by atoms with E-state index < -0.39 is 21.7 Å². The third-order valence-electron chi connectivity index (χ3n) is 4.22. The van der Waals surface area contributed by atoms with E-state index >= 15 is 0 Å². The van der Waals surface area contributed by atoms with Crippen LogP contribution in [0.15, 0.2) is 23.1 Å². The van der Waals surface area contributed by atoms with Crippen molar-refractivity contribution in [3.05, 3.63) is 29.6 Å². The van der Waals surface area contributed by atoms with Crippen molar-refractivity contribution in [1.29, 1.82) is 0 Å². The molecule has 0 aromatic heterocycles. The number of amides is 1. The van der Waals surface area contributed by atoms with E-state index in [-0.39, 0.29) is 22.7 Å². The van der Waals surface area contributed by atoms with Crippen LogP contribution in [-0.4, -0.2) is 61.9 Å². The van der Waals surface area contributed by atoms with E-state index in [0.29, 0.717) is 26.2 Å². The Morgan fingerprint density at radius 2 is 1.80 bits per heavy atom. The smallest absolute Gasteiger partial charge is 0.257 e. The van der Waals surface area contributed by atoms with Crippen LogP contribution in [0, 0.1) is 5.82 Å². The number of benzene rings is 1. The molecular weight excluding hydrogens is 347 g/mol. The summed E-state index contributed by atoms with van der Waals surface area (Å²) in [5.74, 6) is -1.24. The molecule has 1 aromatic carbocycles. The SMILES string of the molecule is CCN(CC)S(=O)(=O)c1ccc(F)c(C(=O)N2CC(C)OC(C)C2)c1. The molecule has 0 aliphatic carbocycles. The number of nitrogens with zero attached hydrogens (tertiary/aromatic N) is 2. The lowest BCUT2D eigenvalue weighted by Crippen LogP contribution is -2.48. The van der Waals surface area contributed by atoms with Gasteiger partial charge in [-0.15, -0.1) is 0 Å². The first-order valence-electron chi connectivity index (χ1n) is 8.45. The van der Waals surface area contributed by atoms with Crippen molar-refractivity contribution in [2.45, 2.75) is 44.8 Å². The van der Waals surface area contributed by atoms with E-state index in [1.165, 1.54) is 15.3 Å². The van der Waals surface area contributed by atoms with Crippen LogP contribution in [0.2, 0.25) is 0 Å². The molecule has 2 rings (SSSR count). The van der Waals surface area contributed by atoms with Crippen LogP contribution in [0.4, 0.5) is 4.39 Å². The van der Waals surface area contributed by atoms with E-state index in [9.17, 15) is 17.6 Å². The van der Waals surface area contributed by atoms with Crippen molar-refractivity contribution in [3.8, 4) is 0 Å². The molecule has 0 bridgehead atoms. The molecule has 140 valence electrons. The molecule has 0 saturated carbocycles. The van der Waals surface area contributed by atoms with Gasteiger partial charge in [-0.3, -0.25) is 4.79 Å². The number of carbonyl (C=O) groups is 1. The second-order valence-electron chi connectivity index (χ2n) is 6.20. The van der Waals surface area contributed by atoms with Crippen molar-refractivity contribution < 1.29 is 22.3 Å². The number of ether oxygens (including phenoxy) is 1. The monoisotopic (exact) mass is 372 g/mol. The van der Waals surface area contributed by atoms with Crippen molar-refractivity contribution >= 4 is 15.9 Å². The highest BCUT2D eigenvalue weighted by Gasteiger charge is 2.30. The third kappa shape index (κ3) is 4.19. The van der Waals surface area contributed by atoms with Gasteiger partial charge in [0.1, 0.15) is 5.82 Å². The number of rotatable bonds is 5. The van der Waals surface area contributed by atoms with Gasteiger partial charge in [-0.1, -0.05) is 13.8 Å². The first-order valence-corrected chi connectivity index (χ1v) is 9.89. The van der Waals surface area contributed by atoms with Crippen molar-refractivity contribution in [1.82, 2.24) is 9.21 Å². The normalized spacial score (nSPS) is 21.6. The summed E-state index contributed by atoms with van der Waals surface area (Å²) in [7, 11) is -3.76. The highest BCUT2D eigenvalue weighted by Crippen LogP contribution is 2.22. The minimum Gasteiger partial charge on any atom is -0.372 e. The molecule has 0 N–H and O–H groups in total. The van der Waals surface area contributed by atoms with Gasteiger partial charge in [-0.2, -0.15) is 4.31 Å². The van der Waals surface area contributed by atoms with Gasteiger partial charge in [0.15, 0.2) is 0 Å². The Kier molecular flexibility index (Phi) is 6.18. The molecule has 1 saturated heterocycles. The van der Waals surface area contributed by atoms with Crippen molar-refractivity contribution in [2.24, 2.45) is 0 Å². The van der Waals surface area contributed by atoms with Gasteiger partial charge in [0.2, 0.25) is 10.0 Å². The number of morpholine rings is 1. The Labute approximate surface area is 148 Å². The minimum absolute atomic E-state index is 0.0738. The first kappa shape index (κ1) is 19.8. The van der Waals surface area contributed by atoms with Crippen LogP contribution in [0.5, 0.6) is 0 Å². The van der Waals surface area contributed by atoms with E-state index in [1.54, 1.807) is 13.8 Å². The Balaban J connectivity index is 2.38. The second-order valence-corrected chi connectivity index (χ2v) is 8.14. The topological polar surface area (TPSA) is 66.9 Å². The summed E-state index contributed by atoms with van der Waals surface area (Å²) in [6.07, 6.45) is -0.309. The van der Waals surface area contributed by atoms with Crippen LogP contribution >= 0.6 is 0 Å². The molecule has 8 heteroatoms. The fourth-order valence-corrected chi connectivity index (χ4v) is 4.54. The standard InChI is InChI=1S/C17H25FN2O4S/c1-5-20(6-2)25(22,23)14-7-8-16(18)15(9-14)17(21)19-10-12(3)24-13(4)11-19/h7-9,12-13H,5-6,10-11H2,1-4H3. The Bertz CT molecular complexity index is 724. The zero-order valence-electron chi connectivity index (χ0n) is 15.0. The van der Waals surface area contributed by atoms with Gasteiger partial charge < -0.3 is 9.64 Å². The largest absolute Gasteiger partial charge is 0.372 e. The van der Waals surface area contributed by atoms with E-state index in [2.05, 4.69) is 0 Å². The summed E-state index contributed by atoms with van der Waals surface area (Å²) in [6, 6.07) is 3.37. The third-order valence-corrected chi connectivity index (χ3v) is 6.26. The Morgan fingerprint density at radius 1 is 1.24 bits per heavy atom. The number of sulfonamides is 1. The summed E-state index contributed by atoms with van der Waals surface area (Å²) in [5.41, 5.74) is -0.227. The second kappa shape index (κ2) is 7.80. The van der Waals surface area contributed by atoms with Gasteiger partial charge in [0.25, 0.3) is 5.91 Å². The van der Waals surface area contributed by atoms with Crippen LogP contribution in [0.25, 0.3) is 0 Å². The number of halogens is 1. The van der Waals surface area contributed by atoms with Crippen molar-refractivity contribution in [2.75, 3.05) is 26.2 Å². The molecule has 1 aromatic rings. The summed E-state index contributed by atoms with van der Waals surface area (Å²) in [4.78, 5) is 14.2. The van der Waals surface area contributed by atoms with Crippen molar-refractivity contribution in [3.63, 3.8) is 0 Å². The van der Waals surface area contributed by atoms with Gasteiger partial charge in [0, 0.05) is 26.2 Å². The molecule has 1 heterocycles. The van der Waals surface area contributed by atoms with Crippen LogP contribution in [-0.2, 0) is 14.8 Å². The molecule has 1 aliphatic heterocycles. The number of hydrogen-bond acceptors (Lipinski definition) is 4. The fraction of sp³-hybridized carbons (Fsp3) is 0.588. The Hall–Kier alpha value is -1.51. The zero-order chi connectivity index (χ0) is 18.8. The average molecular weight is 372 g/mol. The first-order chi connectivity index (χ1) is 11.7. The fourth-order valence-electron chi connectivity index (χ4n) is 3.06. The predicted octanol–water partition coefficient (Wildman–Crippen LogP) is 2.11. The maximum Gasteiger partial charge on any atom is 0.257 e. The molecule has 6 nitrogen and oxygen atoms in total. The van der Waals surface area contributed by atoms with E-state index in [4.69, 9.17) is 4.74 Å². The lowest BCUT2D eigenvalue weighted by Gasteiger charge is -2.35. The summed E-state index contributed by atoms with van der Waals surface area (Å²) in [5, 5.41) is 0. The molecule has 2 unspecified atom stereocenters. The number of hydrogen-bond donors (Lipinski definition) is 0. The van der Waals surface area contributed by atoms with Gasteiger partial charge in [0.05, 0.1) is 22.7 Å². The van der Waals surface area contributed by atoms with Gasteiger partial charge >= 0.3 is 0 Å². The van der Waals surface area contributed by atoms with Gasteiger partial charge in [-0.05, 0) is 32.0 Å². The van der Waals surface area contributed by atoms with E-state index in [1.807, 2.05) is 13.8 Å². The lowest BCUT2D eigenvalue weighted by atomic mass is 10.1. The zero-order valence-corrected chi connectivity index (χ0v) is 15.8. The summed E-state index contributed by atoms with van der Waals surface area (Å²) < 4.78 is 46.3. The molecule has 2 atom stereocenters. The highest BCUT2D eigenvalue weighted by atomic mass is 32.2. The molecule has 25 heavy (non-hydrogen) atoms. The summed E-state index contributed by atoms with van der Waals surface area (Å²) in [6.45, 7) is 8.43. The van der Waals surface area contributed by atoms with Crippen LogP contribution in [0.1, 0.15) is 38.1 Å². The molecule has 1 aliphatic rings. The molecule has 1 fully saturated rings. The average Bonchev–Trinajstić information content (AvgIpc) is 2.54. The lowest BCUT2D eigenvalue weighted by molar-refractivity contribution is -0.0587. The maximum absolute atomic E-state index is 14.2. The highest BCUT2D eigenvalue weighted by molar-refractivity contribution is 7.89. The summed E-state index contributed by atoms with van der Waals surface area (Å²) >= 11 is 0. The molecule has 1 amide bonds. The van der Waals surface area contributed by atoms with E-state index in [0.717, 1.165) is 12.1 Å². The number of carbonyl (C=O) groups excluding carboxylic acids is 1. The predicted molar refractivity (Wildman–Crippen MR) is 92.4 cm³/mol. The van der Waals surface area contributed by atoms with Gasteiger partial charge in [-0.25, -0.2) is 12.8 Å². The Morgan fingerprint density at radius 3 is 2.32 bits per heavy atom. The maximum atomic E-state index is 14.2.